The fourth-order valence-corrected chi connectivity index (χ4v) is 4.59. The number of hydrogen-bond donors (Lipinski definition) is 1. The molecule has 0 radical (unpaired) electrons. The second-order valence-electron chi connectivity index (χ2n) is 6.96. The molecular weight excluding hydrogens is 232 g/mol. The molecule has 104 valence electrons. The van der Waals surface area contributed by atoms with Crippen LogP contribution in [0.5, 0.6) is 0 Å². The molecule has 0 heterocycles. The van der Waals surface area contributed by atoms with Gasteiger partial charge in [0.15, 0.2) is 0 Å². The van der Waals surface area contributed by atoms with Gasteiger partial charge in [0.05, 0.1) is 6.10 Å². The van der Waals surface area contributed by atoms with Gasteiger partial charge in [-0.05, 0) is 92.5 Å². The molecule has 19 heavy (non-hydrogen) atoms. The third kappa shape index (κ3) is 2.03. The van der Waals surface area contributed by atoms with E-state index in [1.807, 2.05) is 0 Å². The molecule has 0 amide bonds. The standard InChI is InChI=1S/C18H26O/c1-10-7-11(2)13(4)17(12(10)3)18(19)16-9-14-5-6-15(16)8-14/h7,14-16,18-19H,5-6,8-9H2,1-4H3. The zero-order chi connectivity index (χ0) is 13.7. The van der Waals surface area contributed by atoms with Crippen molar-refractivity contribution in [3.05, 3.63) is 33.9 Å². The van der Waals surface area contributed by atoms with E-state index in [-0.39, 0.29) is 6.10 Å². The Hall–Kier alpha value is -0.820. The third-order valence-corrected chi connectivity index (χ3v) is 5.92. The highest BCUT2D eigenvalue weighted by molar-refractivity contribution is 5.45. The average Bonchev–Trinajstić information content (AvgIpc) is 2.98. The summed E-state index contributed by atoms with van der Waals surface area (Å²) in [7, 11) is 0. The van der Waals surface area contributed by atoms with Gasteiger partial charge in [0.2, 0.25) is 0 Å². The van der Waals surface area contributed by atoms with Gasteiger partial charge in [0.1, 0.15) is 0 Å². The van der Waals surface area contributed by atoms with Crippen molar-refractivity contribution in [3.63, 3.8) is 0 Å². The fourth-order valence-electron chi connectivity index (χ4n) is 4.59. The van der Waals surface area contributed by atoms with Gasteiger partial charge < -0.3 is 5.11 Å². The van der Waals surface area contributed by atoms with Gasteiger partial charge in [-0.2, -0.15) is 0 Å². The van der Waals surface area contributed by atoms with E-state index in [0.29, 0.717) is 5.92 Å². The number of rotatable bonds is 2. The Balaban J connectivity index is 1.98. The van der Waals surface area contributed by atoms with Gasteiger partial charge in [0.25, 0.3) is 0 Å². The largest absolute Gasteiger partial charge is 0.388 e. The number of benzene rings is 1. The molecule has 1 N–H and O–H groups in total. The zero-order valence-electron chi connectivity index (χ0n) is 12.7. The van der Waals surface area contributed by atoms with Crippen LogP contribution in [0.2, 0.25) is 0 Å². The first-order valence-electron chi connectivity index (χ1n) is 7.74. The van der Waals surface area contributed by atoms with Crippen molar-refractivity contribution < 1.29 is 5.11 Å². The lowest BCUT2D eigenvalue weighted by atomic mass is 9.78. The molecule has 0 aliphatic heterocycles. The first kappa shape index (κ1) is 13.2. The van der Waals surface area contributed by atoms with E-state index in [9.17, 15) is 5.11 Å². The molecule has 0 spiro atoms. The predicted molar refractivity (Wildman–Crippen MR) is 79.3 cm³/mol. The summed E-state index contributed by atoms with van der Waals surface area (Å²) >= 11 is 0. The van der Waals surface area contributed by atoms with E-state index in [1.165, 1.54) is 53.5 Å². The number of fused-ring (bicyclic) bond motifs is 2. The number of aryl methyl sites for hydroxylation is 2. The van der Waals surface area contributed by atoms with Crippen LogP contribution in [0.25, 0.3) is 0 Å². The second-order valence-corrected chi connectivity index (χ2v) is 6.96. The van der Waals surface area contributed by atoms with E-state index >= 15 is 0 Å². The van der Waals surface area contributed by atoms with E-state index in [2.05, 4.69) is 33.8 Å². The smallest absolute Gasteiger partial charge is 0.0826 e. The molecular formula is C18H26O. The van der Waals surface area contributed by atoms with Crippen molar-refractivity contribution in [2.24, 2.45) is 17.8 Å². The van der Waals surface area contributed by atoms with Crippen LogP contribution in [0.3, 0.4) is 0 Å². The lowest BCUT2D eigenvalue weighted by molar-refractivity contribution is 0.0734. The summed E-state index contributed by atoms with van der Waals surface area (Å²) in [5, 5.41) is 11.0. The van der Waals surface area contributed by atoms with E-state index in [1.54, 1.807) is 0 Å². The van der Waals surface area contributed by atoms with Crippen LogP contribution in [-0.4, -0.2) is 5.11 Å². The van der Waals surface area contributed by atoms with Crippen molar-refractivity contribution in [2.75, 3.05) is 0 Å². The minimum Gasteiger partial charge on any atom is -0.388 e. The monoisotopic (exact) mass is 258 g/mol. The SMILES string of the molecule is Cc1cc(C)c(C)c(C(O)C2CC3CCC2C3)c1C. The van der Waals surface area contributed by atoms with E-state index in [4.69, 9.17) is 0 Å². The lowest BCUT2D eigenvalue weighted by Crippen LogP contribution is -2.21. The molecule has 2 saturated carbocycles. The number of aliphatic hydroxyl groups excluding tert-OH is 1. The summed E-state index contributed by atoms with van der Waals surface area (Å²) in [6.45, 7) is 8.68. The number of aliphatic hydroxyl groups is 1. The Kier molecular flexibility index (Phi) is 3.21. The first-order valence-corrected chi connectivity index (χ1v) is 7.74. The molecule has 4 atom stereocenters. The van der Waals surface area contributed by atoms with Gasteiger partial charge in [0, 0.05) is 0 Å². The van der Waals surface area contributed by atoms with Gasteiger partial charge in [-0.25, -0.2) is 0 Å². The highest BCUT2D eigenvalue weighted by atomic mass is 16.3. The third-order valence-electron chi connectivity index (χ3n) is 5.92. The molecule has 1 aromatic carbocycles. The van der Waals surface area contributed by atoms with Gasteiger partial charge in [-0.1, -0.05) is 12.5 Å². The Labute approximate surface area is 117 Å². The van der Waals surface area contributed by atoms with Crippen LogP contribution in [0.1, 0.15) is 59.6 Å². The quantitative estimate of drug-likeness (QED) is 0.834. The molecule has 1 heteroatoms. The summed E-state index contributed by atoms with van der Waals surface area (Å²) in [4.78, 5) is 0. The van der Waals surface area contributed by atoms with Crippen molar-refractivity contribution in [3.8, 4) is 0 Å². The van der Waals surface area contributed by atoms with Crippen LogP contribution >= 0.6 is 0 Å². The summed E-state index contributed by atoms with van der Waals surface area (Å²) in [5.74, 6) is 2.19. The molecule has 2 fully saturated rings. The van der Waals surface area contributed by atoms with Gasteiger partial charge >= 0.3 is 0 Å². The number of hydrogen-bond acceptors (Lipinski definition) is 1. The van der Waals surface area contributed by atoms with Gasteiger partial charge in [-0.3, -0.25) is 0 Å². The van der Waals surface area contributed by atoms with Crippen molar-refractivity contribution in [1.29, 1.82) is 0 Å². The summed E-state index contributed by atoms with van der Waals surface area (Å²) in [6, 6.07) is 2.25. The Bertz CT molecular complexity index is 477. The average molecular weight is 258 g/mol. The molecule has 0 saturated heterocycles. The lowest BCUT2D eigenvalue weighted by Gasteiger charge is -2.30. The molecule has 2 aliphatic carbocycles. The van der Waals surface area contributed by atoms with Crippen LogP contribution in [0.15, 0.2) is 6.07 Å². The topological polar surface area (TPSA) is 20.2 Å². The minimum absolute atomic E-state index is 0.242. The maximum absolute atomic E-state index is 11.0. The van der Waals surface area contributed by atoms with E-state index in [0.717, 1.165) is 11.8 Å². The van der Waals surface area contributed by atoms with Crippen molar-refractivity contribution in [2.45, 2.75) is 59.5 Å². The first-order chi connectivity index (χ1) is 8.99. The van der Waals surface area contributed by atoms with Crippen LogP contribution in [0, 0.1) is 45.4 Å². The summed E-state index contributed by atoms with van der Waals surface area (Å²) in [5.41, 5.74) is 6.48. The maximum Gasteiger partial charge on any atom is 0.0826 e. The van der Waals surface area contributed by atoms with Crippen LogP contribution in [-0.2, 0) is 0 Å². The summed E-state index contributed by atoms with van der Waals surface area (Å²) in [6.07, 6.45) is 5.12. The Morgan fingerprint density at radius 2 is 1.63 bits per heavy atom. The molecule has 4 unspecified atom stereocenters. The second kappa shape index (κ2) is 4.63. The molecule has 0 aromatic heterocycles. The van der Waals surface area contributed by atoms with Crippen molar-refractivity contribution >= 4 is 0 Å². The van der Waals surface area contributed by atoms with Crippen molar-refractivity contribution in [1.82, 2.24) is 0 Å². The van der Waals surface area contributed by atoms with E-state index < -0.39 is 0 Å². The van der Waals surface area contributed by atoms with Crippen LogP contribution < -0.4 is 0 Å². The summed E-state index contributed by atoms with van der Waals surface area (Å²) < 4.78 is 0. The van der Waals surface area contributed by atoms with Crippen LogP contribution in [0.4, 0.5) is 0 Å². The fraction of sp³-hybridized carbons (Fsp3) is 0.667. The molecule has 2 bridgehead atoms. The van der Waals surface area contributed by atoms with Gasteiger partial charge in [-0.15, -0.1) is 0 Å². The maximum atomic E-state index is 11.0. The molecule has 1 nitrogen and oxygen atoms in total. The highest BCUT2D eigenvalue weighted by Gasteiger charge is 2.43. The molecule has 2 aliphatic rings. The minimum atomic E-state index is -0.242. The Morgan fingerprint density at radius 3 is 2.11 bits per heavy atom. The molecule has 3 rings (SSSR count). The highest BCUT2D eigenvalue weighted by Crippen LogP contribution is 2.53. The Morgan fingerprint density at radius 1 is 1.00 bits per heavy atom. The predicted octanol–water partition coefficient (Wildman–Crippen LogP) is 4.39. The zero-order valence-corrected chi connectivity index (χ0v) is 12.7. The molecule has 1 aromatic rings. The normalized spacial score (nSPS) is 30.9.